The molecule has 1 aromatic rings. The molecule has 94 valence electrons. The summed E-state index contributed by atoms with van der Waals surface area (Å²) in [6.45, 7) is 11.9. The highest BCUT2D eigenvalue weighted by Crippen LogP contribution is 2.42. The molecule has 0 aromatic heterocycles. The SMILES string of the molecule is CCc1ccc(N2CC(C)(C)C(C)(C)O2)cc1. The molecular weight excluding hydrogens is 210 g/mol. The Hall–Kier alpha value is -1.02. The maximum atomic E-state index is 6.06. The Kier molecular flexibility index (Phi) is 2.94. The van der Waals surface area contributed by atoms with E-state index in [0.29, 0.717) is 0 Å². The van der Waals surface area contributed by atoms with Crippen LogP contribution in [0.5, 0.6) is 0 Å². The number of aryl methyl sites for hydroxylation is 1. The van der Waals surface area contributed by atoms with E-state index in [0.717, 1.165) is 18.7 Å². The lowest BCUT2D eigenvalue weighted by Gasteiger charge is -2.30. The van der Waals surface area contributed by atoms with Crippen LogP contribution in [0.1, 0.15) is 40.2 Å². The van der Waals surface area contributed by atoms with Gasteiger partial charge in [0.15, 0.2) is 0 Å². The largest absolute Gasteiger partial charge is 0.267 e. The second-order valence-electron chi connectivity index (χ2n) is 6.04. The predicted molar refractivity (Wildman–Crippen MR) is 72.1 cm³/mol. The van der Waals surface area contributed by atoms with Crippen molar-refractivity contribution in [1.82, 2.24) is 0 Å². The Bertz CT molecular complexity index is 376. The Morgan fingerprint density at radius 1 is 1.12 bits per heavy atom. The zero-order valence-corrected chi connectivity index (χ0v) is 11.6. The molecule has 0 amide bonds. The molecule has 1 saturated heterocycles. The third-order valence-electron chi connectivity index (χ3n) is 4.14. The second kappa shape index (κ2) is 4.02. The van der Waals surface area contributed by atoms with Gasteiger partial charge in [0.05, 0.1) is 17.8 Å². The first-order valence-corrected chi connectivity index (χ1v) is 6.41. The molecule has 1 aliphatic heterocycles. The van der Waals surface area contributed by atoms with Gasteiger partial charge in [-0.1, -0.05) is 32.9 Å². The summed E-state index contributed by atoms with van der Waals surface area (Å²) in [6.07, 6.45) is 1.08. The van der Waals surface area contributed by atoms with Crippen molar-refractivity contribution in [3.63, 3.8) is 0 Å². The minimum Gasteiger partial charge on any atom is -0.267 e. The van der Waals surface area contributed by atoms with E-state index in [4.69, 9.17) is 4.84 Å². The first-order valence-electron chi connectivity index (χ1n) is 6.41. The van der Waals surface area contributed by atoms with E-state index in [1.54, 1.807) is 0 Å². The predicted octanol–water partition coefficient (Wildman–Crippen LogP) is 3.81. The highest BCUT2D eigenvalue weighted by molar-refractivity contribution is 5.46. The summed E-state index contributed by atoms with van der Waals surface area (Å²) in [5.74, 6) is 0. The molecule has 0 unspecified atom stereocenters. The molecule has 1 aromatic carbocycles. The van der Waals surface area contributed by atoms with Gasteiger partial charge in [-0.2, -0.15) is 0 Å². The van der Waals surface area contributed by atoms with E-state index in [9.17, 15) is 0 Å². The molecule has 17 heavy (non-hydrogen) atoms. The lowest BCUT2D eigenvalue weighted by Crippen LogP contribution is -2.36. The molecular formula is C15H23NO. The average molecular weight is 233 g/mol. The quantitative estimate of drug-likeness (QED) is 0.770. The van der Waals surface area contributed by atoms with Gasteiger partial charge < -0.3 is 0 Å². The van der Waals surface area contributed by atoms with Gasteiger partial charge in [0.2, 0.25) is 0 Å². The summed E-state index contributed by atoms with van der Waals surface area (Å²) in [5, 5.41) is 2.03. The van der Waals surface area contributed by atoms with Gasteiger partial charge in [-0.05, 0) is 38.0 Å². The van der Waals surface area contributed by atoms with Gasteiger partial charge in [0.25, 0.3) is 0 Å². The molecule has 0 saturated carbocycles. The Labute approximate surface area is 105 Å². The number of nitrogens with zero attached hydrogens (tertiary/aromatic N) is 1. The molecule has 2 heteroatoms. The van der Waals surface area contributed by atoms with Crippen LogP contribution in [0.15, 0.2) is 24.3 Å². The molecule has 1 fully saturated rings. The molecule has 0 N–H and O–H groups in total. The van der Waals surface area contributed by atoms with Crippen LogP contribution in [0.25, 0.3) is 0 Å². The van der Waals surface area contributed by atoms with E-state index in [2.05, 4.69) is 58.9 Å². The van der Waals surface area contributed by atoms with Crippen LogP contribution in [0.3, 0.4) is 0 Å². The third kappa shape index (κ3) is 2.19. The number of hydrogen-bond acceptors (Lipinski definition) is 2. The van der Waals surface area contributed by atoms with Crippen LogP contribution in [-0.4, -0.2) is 12.1 Å². The zero-order valence-electron chi connectivity index (χ0n) is 11.6. The lowest BCUT2D eigenvalue weighted by molar-refractivity contribution is -0.0300. The van der Waals surface area contributed by atoms with E-state index >= 15 is 0 Å². The Balaban J connectivity index is 2.20. The smallest absolute Gasteiger partial charge is 0.0975 e. The van der Waals surface area contributed by atoms with Crippen molar-refractivity contribution in [3.05, 3.63) is 29.8 Å². The number of anilines is 1. The fourth-order valence-electron chi connectivity index (χ4n) is 2.02. The van der Waals surface area contributed by atoms with Crippen LogP contribution in [-0.2, 0) is 11.3 Å². The summed E-state index contributed by atoms with van der Waals surface area (Å²) in [5.41, 5.74) is 2.57. The number of hydrogen-bond donors (Lipinski definition) is 0. The maximum absolute atomic E-state index is 6.06. The van der Waals surface area contributed by atoms with Gasteiger partial charge in [-0.15, -0.1) is 0 Å². The minimum absolute atomic E-state index is 0.115. The average Bonchev–Trinajstić information content (AvgIpc) is 2.48. The summed E-state index contributed by atoms with van der Waals surface area (Å²) < 4.78 is 0. The van der Waals surface area contributed by atoms with Crippen LogP contribution in [0.2, 0.25) is 0 Å². The molecule has 0 bridgehead atoms. The monoisotopic (exact) mass is 233 g/mol. The molecule has 0 aliphatic carbocycles. The molecule has 1 heterocycles. The summed E-state index contributed by atoms with van der Waals surface area (Å²) in [6, 6.07) is 8.65. The minimum atomic E-state index is -0.115. The van der Waals surface area contributed by atoms with Crippen molar-refractivity contribution in [3.8, 4) is 0 Å². The van der Waals surface area contributed by atoms with Crippen molar-refractivity contribution >= 4 is 5.69 Å². The molecule has 1 aliphatic rings. The van der Waals surface area contributed by atoms with Gasteiger partial charge in [-0.25, -0.2) is 0 Å². The molecule has 2 rings (SSSR count). The Morgan fingerprint density at radius 2 is 1.71 bits per heavy atom. The summed E-state index contributed by atoms with van der Waals surface area (Å²) in [4.78, 5) is 6.06. The summed E-state index contributed by atoms with van der Waals surface area (Å²) >= 11 is 0. The zero-order chi connectivity index (χ0) is 12.7. The van der Waals surface area contributed by atoms with E-state index < -0.39 is 0 Å². The maximum Gasteiger partial charge on any atom is 0.0975 e. The molecule has 0 atom stereocenters. The number of rotatable bonds is 2. The Morgan fingerprint density at radius 3 is 2.12 bits per heavy atom. The summed E-state index contributed by atoms with van der Waals surface area (Å²) in [7, 11) is 0. The molecule has 2 nitrogen and oxygen atoms in total. The topological polar surface area (TPSA) is 12.5 Å². The van der Waals surface area contributed by atoms with Gasteiger partial charge in [0.1, 0.15) is 0 Å². The van der Waals surface area contributed by atoms with Crippen molar-refractivity contribution in [1.29, 1.82) is 0 Å². The van der Waals surface area contributed by atoms with Crippen molar-refractivity contribution < 1.29 is 4.84 Å². The van der Waals surface area contributed by atoms with Crippen LogP contribution in [0.4, 0.5) is 5.69 Å². The highest BCUT2D eigenvalue weighted by Gasteiger charge is 2.47. The standard InChI is InChI=1S/C15H23NO/c1-6-12-7-9-13(10-8-12)16-11-14(2,3)15(4,5)17-16/h7-10H,6,11H2,1-5H3. The van der Waals surface area contributed by atoms with Gasteiger partial charge in [-0.3, -0.25) is 9.90 Å². The van der Waals surface area contributed by atoms with Crippen LogP contribution >= 0.6 is 0 Å². The normalized spacial score (nSPS) is 21.8. The first kappa shape index (κ1) is 12.4. The molecule has 0 radical (unpaired) electrons. The fourth-order valence-corrected chi connectivity index (χ4v) is 2.02. The number of hydroxylamine groups is 1. The fraction of sp³-hybridized carbons (Fsp3) is 0.600. The van der Waals surface area contributed by atoms with Crippen LogP contribution in [0, 0.1) is 5.41 Å². The van der Waals surface area contributed by atoms with Crippen molar-refractivity contribution in [2.24, 2.45) is 5.41 Å². The van der Waals surface area contributed by atoms with E-state index in [1.165, 1.54) is 5.56 Å². The lowest BCUT2D eigenvalue weighted by atomic mass is 9.78. The first-order chi connectivity index (χ1) is 7.86. The second-order valence-corrected chi connectivity index (χ2v) is 6.04. The van der Waals surface area contributed by atoms with Crippen molar-refractivity contribution in [2.75, 3.05) is 11.6 Å². The molecule has 0 spiro atoms. The van der Waals surface area contributed by atoms with Crippen LogP contribution < -0.4 is 5.06 Å². The number of benzene rings is 1. The van der Waals surface area contributed by atoms with Gasteiger partial charge in [0, 0.05) is 5.41 Å². The van der Waals surface area contributed by atoms with Gasteiger partial charge >= 0.3 is 0 Å². The third-order valence-corrected chi connectivity index (χ3v) is 4.14. The van der Waals surface area contributed by atoms with E-state index in [-0.39, 0.29) is 11.0 Å². The highest BCUT2D eigenvalue weighted by atomic mass is 16.7. The van der Waals surface area contributed by atoms with Crippen molar-refractivity contribution in [2.45, 2.75) is 46.6 Å². The van der Waals surface area contributed by atoms with E-state index in [1.807, 2.05) is 5.06 Å².